The molecule has 0 amide bonds. The molecule has 3 saturated carbocycles. The highest BCUT2D eigenvalue weighted by molar-refractivity contribution is 5.33. The largest absolute Gasteiger partial charge is 0.393 e. The van der Waals surface area contributed by atoms with Crippen LogP contribution in [0.2, 0.25) is 0 Å². The fourth-order valence-electron chi connectivity index (χ4n) is 7.31. The van der Waals surface area contributed by atoms with E-state index in [1.54, 1.807) is 5.57 Å². The highest BCUT2D eigenvalue weighted by atomic mass is 16.3. The number of allylic oxidation sites excluding steroid dienone is 3. The quantitative estimate of drug-likeness (QED) is 0.399. The summed E-state index contributed by atoms with van der Waals surface area (Å²) < 4.78 is 0. The summed E-state index contributed by atoms with van der Waals surface area (Å²) in [6, 6.07) is 0. The molecule has 0 aromatic rings. The van der Waals surface area contributed by atoms with Crippen molar-refractivity contribution >= 4 is 0 Å². The molecule has 0 aromatic heterocycles. The highest BCUT2D eigenvalue weighted by Crippen LogP contribution is 2.65. The minimum Gasteiger partial charge on any atom is -0.393 e. The van der Waals surface area contributed by atoms with E-state index in [4.69, 9.17) is 0 Å². The van der Waals surface area contributed by atoms with Gasteiger partial charge in [0.15, 0.2) is 0 Å². The van der Waals surface area contributed by atoms with Gasteiger partial charge < -0.3 is 5.11 Å². The van der Waals surface area contributed by atoms with E-state index in [1.807, 2.05) is 0 Å². The van der Waals surface area contributed by atoms with Gasteiger partial charge in [0, 0.05) is 11.8 Å². The van der Waals surface area contributed by atoms with E-state index in [-0.39, 0.29) is 11.5 Å². The van der Waals surface area contributed by atoms with Crippen LogP contribution in [0.25, 0.3) is 0 Å². The Morgan fingerprint density at radius 1 is 0.931 bits per heavy atom. The summed E-state index contributed by atoms with van der Waals surface area (Å²) in [5.74, 6) is 4.13. The lowest BCUT2D eigenvalue weighted by Crippen LogP contribution is -2.45. The molecule has 0 aliphatic heterocycles. The van der Waals surface area contributed by atoms with Crippen LogP contribution in [0.3, 0.4) is 0 Å². The Labute approximate surface area is 179 Å². The van der Waals surface area contributed by atoms with Crippen LogP contribution in [-0.2, 0) is 0 Å². The third-order valence-electron chi connectivity index (χ3n) is 9.79. The number of hydrogen-bond acceptors (Lipinski definition) is 1. The molecule has 1 heteroatoms. The van der Waals surface area contributed by atoms with Gasteiger partial charge in [0.25, 0.3) is 0 Å². The van der Waals surface area contributed by atoms with Gasteiger partial charge in [-0.1, -0.05) is 65.2 Å². The maximum absolute atomic E-state index is 10.2. The van der Waals surface area contributed by atoms with Crippen LogP contribution in [0.1, 0.15) is 86.5 Å². The van der Waals surface area contributed by atoms with Crippen molar-refractivity contribution in [3.05, 3.63) is 34.8 Å². The smallest absolute Gasteiger partial charge is 0.0584 e. The molecule has 160 valence electrons. The highest BCUT2D eigenvalue weighted by Gasteiger charge is 2.57. The Balaban J connectivity index is 1.61. The topological polar surface area (TPSA) is 20.2 Å². The van der Waals surface area contributed by atoms with Crippen molar-refractivity contribution in [1.82, 2.24) is 0 Å². The number of hydrogen-bond donors (Lipinski definition) is 1. The van der Waals surface area contributed by atoms with Crippen LogP contribution in [-0.4, -0.2) is 11.2 Å². The first-order valence-electron chi connectivity index (χ1n) is 12.3. The maximum Gasteiger partial charge on any atom is 0.0584 e. The molecule has 8 atom stereocenters. The SMILES string of the molecule is CC(C)C(C)/C=C/C(C)C1CCC2C3=C=C=C4CC(O)CC[C@]4(C)[C@H]3CC[C@@]21C. The number of aliphatic hydroxyl groups is 1. The average molecular weight is 395 g/mol. The molecule has 0 heterocycles. The minimum absolute atomic E-state index is 0.167. The Morgan fingerprint density at radius 3 is 2.41 bits per heavy atom. The van der Waals surface area contributed by atoms with Gasteiger partial charge in [-0.05, 0) is 90.6 Å². The molecule has 0 aromatic carbocycles. The zero-order valence-corrected chi connectivity index (χ0v) is 19.6. The van der Waals surface area contributed by atoms with Gasteiger partial charge in [0.05, 0.1) is 6.10 Å². The lowest BCUT2D eigenvalue weighted by molar-refractivity contribution is 0.0394. The predicted octanol–water partition coefficient (Wildman–Crippen LogP) is 7.08. The van der Waals surface area contributed by atoms with Gasteiger partial charge in [0.1, 0.15) is 0 Å². The van der Waals surface area contributed by atoms with E-state index >= 15 is 0 Å². The van der Waals surface area contributed by atoms with Crippen LogP contribution in [0.15, 0.2) is 34.8 Å². The van der Waals surface area contributed by atoms with Crippen LogP contribution in [0.5, 0.6) is 0 Å². The molecule has 3 fully saturated rings. The zero-order valence-electron chi connectivity index (χ0n) is 19.6. The standard InChI is InChI=1S/C28H42O/c1-18(2)19(3)7-8-20(4)24-11-12-25-23-10-9-21-17-22(29)13-15-27(21,5)26(23)14-16-28(24,25)6/h7-8,18-20,22,24-26,29H,11-17H2,1-6H3/b8-7+/t19?,20?,22?,24?,25?,26-,27-,28+/m0/s1. The molecule has 4 aliphatic carbocycles. The third kappa shape index (κ3) is 3.44. The van der Waals surface area contributed by atoms with E-state index in [9.17, 15) is 5.11 Å². The van der Waals surface area contributed by atoms with Crippen molar-refractivity contribution in [3.8, 4) is 0 Å². The van der Waals surface area contributed by atoms with Crippen LogP contribution >= 0.6 is 0 Å². The molecule has 29 heavy (non-hydrogen) atoms. The number of fused-ring (bicyclic) bond motifs is 5. The molecule has 1 nitrogen and oxygen atoms in total. The van der Waals surface area contributed by atoms with Crippen LogP contribution < -0.4 is 0 Å². The average Bonchev–Trinajstić information content (AvgIpc) is 3.03. The van der Waals surface area contributed by atoms with Crippen molar-refractivity contribution in [2.75, 3.05) is 0 Å². The van der Waals surface area contributed by atoms with E-state index in [0.717, 1.165) is 25.2 Å². The summed E-state index contributed by atoms with van der Waals surface area (Å²) in [6.45, 7) is 14.5. The second kappa shape index (κ2) is 7.60. The molecule has 4 rings (SSSR count). The second-order valence-electron chi connectivity index (χ2n) is 11.7. The number of rotatable bonds is 4. The van der Waals surface area contributed by atoms with Crippen LogP contribution in [0, 0.1) is 46.3 Å². The predicted molar refractivity (Wildman–Crippen MR) is 121 cm³/mol. The first-order valence-corrected chi connectivity index (χ1v) is 12.3. The van der Waals surface area contributed by atoms with Gasteiger partial charge >= 0.3 is 0 Å². The summed E-state index contributed by atoms with van der Waals surface area (Å²) in [4.78, 5) is 0. The van der Waals surface area contributed by atoms with E-state index in [0.29, 0.717) is 35.0 Å². The molecule has 0 radical (unpaired) electrons. The van der Waals surface area contributed by atoms with Crippen molar-refractivity contribution in [1.29, 1.82) is 0 Å². The summed E-state index contributed by atoms with van der Waals surface area (Å²) in [5.41, 5.74) is 10.8. The molecule has 5 unspecified atom stereocenters. The van der Waals surface area contributed by atoms with Crippen molar-refractivity contribution in [2.45, 2.75) is 92.6 Å². The molecule has 0 spiro atoms. The second-order valence-corrected chi connectivity index (χ2v) is 11.7. The summed E-state index contributed by atoms with van der Waals surface area (Å²) in [7, 11) is 0. The van der Waals surface area contributed by atoms with Gasteiger partial charge in [0.2, 0.25) is 0 Å². The van der Waals surface area contributed by atoms with Crippen molar-refractivity contribution < 1.29 is 5.11 Å². The first-order chi connectivity index (χ1) is 13.7. The lowest BCUT2D eigenvalue weighted by atomic mass is 9.51. The Kier molecular flexibility index (Phi) is 5.57. The molecule has 0 bridgehead atoms. The van der Waals surface area contributed by atoms with Gasteiger partial charge in [-0.2, -0.15) is 0 Å². The molecular formula is C28H42O. The minimum atomic E-state index is -0.167. The molecule has 4 aliphatic rings. The van der Waals surface area contributed by atoms with Gasteiger partial charge in [-0.25, -0.2) is 0 Å². The fourth-order valence-corrected chi connectivity index (χ4v) is 7.31. The monoisotopic (exact) mass is 394 g/mol. The molecule has 1 N–H and O–H groups in total. The summed E-state index contributed by atoms with van der Waals surface area (Å²) >= 11 is 0. The summed E-state index contributed by atoms with van der Waals surface area (Å²) in [6.07, 6.45) is 13.0. The zero-order chi connectivity index (χ0) is 21.0. The van der Waals surface area contributed by atoms with Crippen molar-refractivity contribution in [3.63, 3.8) is 0 Å². The van der Waals surface area contributed by atoms with Crippen molar-refractivity contribution in [2.24, 2.45) is 46.3 Å². The van der Waals surface area contributed by atoms with E-state index in [1.165, 1.54) is 31.3 Å². The van der Waals surface area contributed by atoms with Gasteiger partial charge in [-0.15, -0.1) is 0 Å². The maximum atomic E-state index is 10.2. The van der Waals surface area contributed by atoms with Crippen LogP contribution in [0.4, 0.5) is 0 Å². The molecule has 0 saturated heterocycles. The molecular weight excluding hydrogens is 352 g/mol. The Morgan fingerprint density at radius 2 is 1.69 bits per heavy atom. The van der Waals surface area contributed by atoms with Gasteiger partial charge in [-0.3, -0.25) is 0 Å². The van der Waals surface area contributed by atoms with E-state index < -0.39 is 0 Å². The Hall–Kier alpha value is -1.00. The third-order valence-corrected chi connectivity index (χ3v) is 9.79. The Bertz CT molecular complexity index is 774. The number of aliphatic hydroxyl groups excluding tert-OH is 1. The summed E-state index contributed by atoms with van der Waals surface area (Å²) in [5, 5.41) is 10.2. The normalized spacial score (nSPS) is 43.4. The van der Waals surface area contributed by atoms with E-state index in [2.05, 4.69) is 65.2 Å². The first kappa shape index (κ1) is 21.2. The lowest BCUT2D eigenvalue weighted by Gasteiger charge is -2.53. The fraction of sp³-hybridized carbons (Fsp3) is 0.786.